The van der Waals surface area contributed by atoms with E-state index in [0.717, 1.165) is 11.1 Å². The molecule has 0 unspecified atom stereocenters. The fraction of sp³-hybridized carbons (Fsp3) is 0.438. The number of carbonyl (C=O) groups excluding carboxylic acids is 2. The molecule has 0 spiro atoms. The lowest BCUT2D eigenvalue weighted by Gasteiger charge is -2.25. The summed E-state index contributed by atoms with van der Waals surface area (Å²) in [5.41, 5.74) is 1.39. The van der Waals surface area contributed by atoms with E-state index in [-0.39, 0.29) is 12.8 Å². The predicted octanol–water partition coefficient (Wildman–Crippen LogP) is 2.19. The van der Waals surface area contributed by atoms with E-state index in [1.54, 1.807) is 6.07 Å². The van der Waals surface area contributed by atoms with E-state index < -0.39 is 17.4 Å². The highest BCUT2D eigenvalue weighted by atomic mass is 16.5. The first-order valence-electron chi connectivity index (χ1n) is 6.51. The second-order valence-corrected chi connectivity index (χ2v) is 5.00. The maximum absolute atomic E-state index is 11.7. The van der Waals surface area contributed by atoms with Crippen LogP contribution in [-0.2, 0) is 24.5 Å². The zero-order valence-electron chi connectivity index (χ0n) is 12.7. The van der Waals surface area contributed by atoms with E-state index >= 15 is 0 Å². The average molecular weight is 289 g/mol. The van der Waals surface area contributed by atoms with Crippen LogP contribution in [0.1, 0.15) is 29.5 Å². The van der Waals surface area contributed by atoms with Gasteiger partial charge in [0.25, 0.3) is 0 Å². The predicted molar refractivity (Wildman–Crippen MR) is 76.5 cm³/mol. The molecule has 0 heterocycles. The highest BCUT2D eigenvalue weighted by Crippen LogP contribution is 2.33. The molecule has 0 aliphatic heterocycles. The molecule has 0 atom stereocenters. The molecule has 0 aliphatic rings. The molecule has 1 aromatic rings. The second kappa shape index (κ2) is 6.89. The number of esters is 2. The number of carbonyl (C=O) groups is 2. The molecule has 1 rings (SSSR count). The molecule has 0 N–H and O–H groups in total. The molecule has 0 bridgehead atoms. The summed E-state index contributed by atoms with van der Waals surface area (Å²) in [6, 6.07) is 7.56. The van der Waals surface area contributed by atoms with Gasteiger partial charge in [0.1, 0.15) is 5.41 Å². The van der Waals surface area contributed by atoms with E-state index in [0.29, 0.717) is 5.56 Å². The van der Waals surface area contributed by atoms with Gasteiger partial charge in [0.15, 0.2) is 0 Å². The lowest BCUT2D eigenvalue weighted by Crippen LogP contribution is -2.32. The summed E-state index contributed by atoms with van der Waals surface area (Å²) < 4.78 is 9.31. The Morgan fingerprint density at radius 1 is 1.10 bits per heavy atom. The second-order valence-electron chi connectivity index (χ2n) is 5.00. The molecular formula is C16H19NO4. The van der Waals surface area contributed by atoms with Crippen LogP contribution in [0.15, 0.2) is 18.2 Å². The van der Waals surface area contributed by atoms with Crippen molar-refractivity contribution in [2.45, 2.75) is 32.1 Å². The highest BCUT2D eigenvalue weighted by molar-refractivity contribution is 5.77. The molecule has 0 amide bonds. The molecule has 5 nitrogen and oxygen atoms in total. The number of methoxy groups -OCH3 is 2. The molecule has 0 aromatic heterocycles. The minimum Gasteiger partial charge on any atom is -0.469 e. The molecular weight excluding hydrogens is 270 g/mol. The molecule has 5 heteroatoms. The van der Waals surface area contributed by atoms with Crippen molar-refractivity contribution >= 4 is 11.9 Å². The topological polar surface area (TPSA) is 76.4 Å². The third-order valence-electron chi connectivity index (χ3n) is 3.62. The van der Waals surface area contributed by atoms with E-state index in [4.69, 9.17) is 0 Å². The van der Waals surface area contributed by atoms with Crippen molar-refractivity contribution in [1.29, 1.82) is 5.26 Å². The summed E-state index contributed by atoms with van der Waals surface area (Å²) in [6.45, 7) is 3.87. The molecule has 0 radical (unpaired) electrons. The maximum Gasteiger partial charge on any atom is 0.307 e. The van der Waals surface area contributed by atoms with Crippen LogP contribution < -0.4 is 0 Å². The summed E-state index contributed by atoms with van der Waals surface area (Å²) >= 11 is 0. The van der Waals surface area contributed by atoms with Crippen molar-refractivity contribution in [3.8, 4) is 6.07 Å². The number of rotatable bonds is 5. The summed E-state index contributed by atoms with van der Waals surface area (Å²) in [5, 5.41) is 9.61. The van der Waals surface area contributed by atoms with Crippen LogP contribution in [0.2, 0.25) is 0 Å². The normalized spacial score (nSPS) is 10.6. The van der Waals surface area contributed by atoms with Crippen molar-refractivity contribution in [2.24, 2.45) is 0 Å². The third kappa shape index (κ3) is 3.82. The smallest absolute Gasteiger partial charge is 0.307 e. The number of hydrogen-bond donors (Lipinski definition) is 0. The molecule has 21 heavy (non-hydrogen) atoms. The Bertz CT molecular complexity index is 568. The van der Waals surface area contributed by atoms with Crippen molar-refractivity contribution in [1.82, 2.24) is 0 Å². The van der Waals surface area contributed by atoms with Crippen LogP contribution in [0.5, 0.6) is 0 Å². The first kappa shape index (κ1) is 16.7. The number of nitrogens with zero attached hydrogens (tertiary/aromatic N) is 1. The Labute approximate surface area is 124 Å². The largest absolute Gasteiger partial charge is 0.469 e. The molecule has 0 aliphatic carbocycles. The van der Waals surface area contributed by atoms with Crippen LogP contribution in [0.25, 0.3) is 0 Å². The molecule has 0 fully saturated rings. The van der Waals surface area contributed by atoms with Crippen LogP contribution >= 0.6 is 0 Å². The molecule has 0 saturated heterocycles. The molecule has 0 saturated carbocycles. The average Bonchev–Trinajstić information content (AvgIpc) is 2.48. The Kier molecular flexibility index (Phi) is 5.48. The lowest BCUT2D eigenvalue weighted by molar-refractivity contribution is -0.144. The SMILES string of the molecule is COC(=O)CC(C#N)(CC(=O)OC)c1ccc(C)c(C)c1. The van der Waals surface area contributed by atoms with Crippen molar-refractivity contribution in [2.75, 3.05) is 14.2 Å². The zero-order chi connectivity index (χ0) is 16.0. The number of ether oxygens (including phenoxy) is 2. The minimum atomic E-state index is -1.28. The first-order valence-corrected chi connectivity index (χ1v) is 6.51. The van der Waals surface area contributed by atoms with Gasteiger partial charge in [0.2, 0.25) is 0 Å². The number of benzene rings is 1. The molecule has 1 aromatic carbocycles. The maximum atomic E-state index is 11.7. The lowest BCUT2D eigenvalue weighted by atomic mass is 9.75. The fourth-order valence-corrected chi connectivity index (χ4v) is 2.09. The van der Waals surface area contributed by atoms with Gasteiger partial charge in [0.05, 0.1) is 33.1 Å². The summed E-state index contributed by atoms with van der Waals surface area (Å²) in [7, 11) is 2.51. The van der Waals surface area contributed by atoms with Gasteiger partial charge >= 0.3 is 11.9 Å². The van der Waals surface area contributed by atoms with Crippen LogP contribution in [0, 0.1) is 25.2 Å². The molecule has 112 valence electrons. The Morgan fingerprint density at radius 3 is 2.00 bits per heavy atom. The summed E-state index contributed by atoms with van der Waals surface area (Å²) in [4.78, 5) is 23.3. The Morgan fingerprint density at radius 2 is 1.62 bits per heavy atom. The summed E-state index contributed by atoms with van der Waals surface area (Å²) in [5.74, 6) is -1.09. The Balaban J connectivity index is 3.33. The van der Waals surface area contributed by atoms with Crippen LogP contribution in [0.4, 0.5) is 0 Å². The van der Waals surface area contributed by atoms with Gasteiger partial charge in [-0.25, -0.2) is 0 Å². The number of hydrogen-bond acceptors (Lipinski definition) is 5. The highest BCUT2D eigenvalue weighted by Gasteiger charge is 2.38. The van der Waals surface area contributed by atoms with Crippen molar-refractivity contribution in [3.63, 3.8) is 0 Å². The monoisotopic (exact) mass is 289 g/mol. The first-order chi connectivity index (χ1) is 9.88. The quantitative estimate of drug-likeness (QED) is 0.777. The van der Waals surface area contributed by atoms with Gasteiger partial charge in [-0.15, -0.1) is 0 Å². The summed E-state index contributed by atoms with van der Waals surface area (Å²) in [6.07, 6.45) is -0.394. The van der Waals surface area contributed by atoms with Crippen LogP contribution in [-0.4, -0.2) is 26.2 Å². The van der Waals surface area contributed by atoms with Gasteiger partial charge < -0.3 is 9.47 Å². The van der Waals surface area contributed by atoms with E-state index in [9.17, 15) is 14.9 Å². The van der Waals surface area contributed by atoms with Crippen molar-refractivity contribution in [3.05, 3.63) is 34.9 Å². The standard InChI is InChI=1S/C16H19NO4/c1-11-5-6-13(7-12(11)2)16(10-17,8-14(18)20-3)9-15(19)21-4/h5-7H,8-9H2,1-4H3. The van der Waals surface area contributed by atoms with E-state index in [1.165, 1.54) is 14.2 Å². The van der Waals surface area contributed by atoms with Gasteiger partial charge in [-0.1, -0.05) is 18.2 Å². The van der Waals surface area contributed by atoms with Gasteiger partial charge in [-0.2, -0.15) is 5.26 Å². The minimum absolute atomic E-state index is 0.197. The van der Waals surface area contributed by atoms with Gasteiger partial charge in [-0.3, -0.25) is 9.59 Å². The van der Waals surface area contributed by atoms with E-state index in [2.05, 4.69) is 15.5 Å². The van der Waals surface area contributed by atoms with Gasteiger partial charge in [0, 0.05) is 0 Å². The number of nitriles is 1. The van der Waals surface area contributed by atoms with E-state index in [1.807, 2.05) is 26.0 Å². The Hall–Kier alpha value is -2.35. The van der Waals surface area contributed by atoms with Crippen molar-refractivity contribution < 1.29 is 19.1 Å². The van der Waals surface area contributed by atoms with Gasteiger partial charge in [-0.05, 0) is 30.5 Å². The third-order valence-corrected chi connectivity index (χ3v) is 3.62. The zero-order valence-corrected chi connectivity index (χ0v) is 12.7. The van der Waals surface area contributed by atoms with Crippen LogP contribution in [0.3, 0.4) is 0 Å². The fourth-order valence-electron chi connectivity index (χ4n) is 2.09. The number of aryl methyl sites for hydroxylation is 2.